The number of pyridine rings is 1. The van der Waals surface area contributed by atoms with Gasteiger partial charge in [-0.25, -0.2) is 4.98 Å². The molecule has 0 fully saturated rings. The second-order valence-electron chi connectivity index (χ2n) is 4.58. The van der Waals surface area contributed by atoms with Crippen molar-refractivity contribution in [3.8, 4) is 0 Å². The largest absolute Gasteiger partial charge is 0.467 e. The molecular formula is C14H14N4O2. The molecule has 0 saturated heterocycles. The van der Waals surface area contributed by atoms with Crippen molar-refractivity contribution in [1.82, 2.24) is 20.1 Å². The van der Waals surface area contributed by atoms with Gasteiger partial charge in [0.25, 0.3) is 5.91 Å². The zero-order chi connectivity index (χ0) is 14.1. The van der Waals surface area contributed by atoms with Crippen molar-refractivity contribution in [3.05, 3.63) is 47.7 Å². The molecule has 1 N–H and O–H groups in total. The molecule has 3 aromatic heterocycles. The molecule has 0 bridgehead atoms. The zero-order valence-electron chi connectivity index (χ0n) is 11.3. The number of amides is 1. The number of furan rings is 1. The predicted octanol–water partition coefficient (Wildman–Crippen LogP) is 1.80. The Morgan fingerprint density at radius 3 is 3.10 bits per heavy atom. The van der Waals surface area contributed by atoms with Gasteiger partial charge in [-0.05, 0) is 25.1 Å². The van der Waals surface area contributed by atoms with Gasteiger partial charge in [-0.15, -0.1) is 0 Å². The van der Waals surface area contributed by atoms with Gasteiger partial charge in [-0.2, -0.15) is 5.10 Å². The summed E-state index contributed by atoms with van der Waals surface area (Å²) in [6.45, 7) is 2.21. The number of hydrogen-bond acceptors (Lipinski definition) is 4. The summed E-state index contributed by atoms with van der Waals surface area (Å²) in [4.78, 5) is 16.7. The molecule has 0 aliphatic rings. The first-order valence-electron chi connectivity index (χ1n) is 6.25. The van der Waals surface area contributed by atoms with Crippen LogP contribution in [-0.4, -0.2) is 20.7 Å². The minimum Gasteiger partial charge on any atom is -0.467 e. The van der Waals surface area contributed by atoms with E-state index in [4.69, 9.17) is 4.42 Å². The van der Waals surface area contributed by atoms with E-state index in [2.05, 4.69) is 15.4 Å². The molecule has 0 saturated carbocycles. The highest BCUT2D eigenvalue weighted by Gasteiger charge is 2.14. The van der Waals surface area contributed by atoms with Gasteiger partial charge in [-0.3, -0.25) is 9.48 Å². The van der Waals surface area contributed by atoms with E-state index in [1.807, 2.05) is 13.0 Å². The zero-order valence-corrected chi connectivity index (χ0v) is 11.3. The van der Waals surface area contributed by atoms with Crippen molar-refractivity contribution in [2.24, 2.45) is 7.05 Å². The molecule has 1 amide bonds. The highest BCUT2D eigenvalue weighted by molar-refractivity contribution is 6.05. The highest BCUT2D eigenvalue weighted by atomic mass is 16.3. The summed E-state index contributed by atoms with van der Waals surface area (Å²) in [6.07, 6.45) is 3.24. The molecule has 0 aliphatic carbocycles. The van der Waals surface area contributed by atoms with Gasteiger partial charge in [0, 0.05) is 12.7 Å². The molecule has 0 unspecified atom stereocenters. The van der Waals surface area contributed by atoms with Crippen LogP contribution in [0.25, 0.3) is 11.0 Å². The van der Waals surface area contributed by atoms with Crippen LogP contribution >= 0.6 is 0 Å². The maximum absolute atomic E-state index is 12.3. The van der Waals surface area contributed by atoms with Gasteiger partial charge in [0.2, 0.25) is 0 Å². The number of nitrogens with one attached hydrogen (secondary N) is 1. The van der Waals surface area contributed by atoms with E-state index in [1.165, 1.54) is 0 Å². The number of aromatic nitrogens is 3. The third-order valence-electron chi connectivity index (χ3n) is 3.08. The molecule has 3 heterocycles. The van der Waals surface area contributed by atoms with Crippen molar-refractivity contribution < 1.29 is 9.21 Å². The molecule has 0 spiro atoms. The lowest BCUT2D eigenvalue weighted by atomic mass is 10.1. The lowest BCUT2D eigenvalue weighted by Crippen LogP contribution is -2.23. The summed E-state index contributed by atoms with van der Waals surface area (Å²) in [5.41, 5.74) is 2.06. The first-order chi connectivity index (χ1) is 9.65. The fourth-order valence-electron chi connectivity index (χ4n) is 2.10. The smallest absolute Gasteiger partial charge is 0.252 e. The average molecular weight is 270 g/mol. The van der Waals surface area contributed by atoms with E-state index >= 15 is 0 Å². The Morgan fingerprint density at radius 2 is 2.35 bits per heavy atom. The number of aryl methyl sites for hydroxylation is 2. The molecule has 0 aliphatic heterocycles. The van der Waals surface area contributed by atoms with Crippen molar-refractivity contribution >= 4 is 16.9 Å². The predicted molar refractivity (Wildman–Crippen MR) is 73.1 cm³/mol. The number of rotatable bonds is 3. The monoisotopic (exact) mass is 270 g/mol. The summed E-state index contributed by atoms with van der Waals surface area (Å²) in [5, 5.41) is 7.72. The van der Waals surface area contributed by atoms with Crippen LogP contribution in [-0.2, 0) is 13.6 Å². The van der Waals surface area contributed by atoms with Crippen LogP contribution in [0.5, 0.6) is 0 Å². The summed E-state index contributed by atoms with van der Waals surface area (Å²) in [6, 6.07) is 5.37. The van der Waals surface area contributed by atoms with Crippen molar-refractivity contribution in [1.29, 1.82) is 0 Å². The van der Waals surface area contributed by atoms with Crippen molar-refractivity contribution in [2.75, 3.05) is 0 Å². The van der Waals surface area contributed by atoms with Gasteiger partial charge in [0.05, 0.1) is 30.0 Å². The second-order valence-corrected chi connectivity index (χ2v) is 4.58. The van der Waals surface area contributed by atoms with E-state index in [1.54, 1.807) is 36.3 Å². The van der Waals surface area contributed by atoms with Gasteiger partial charge in [0.15, 0.2) is 5.65 Å². The molecule has 0 radical (unpaired) electrons. The number of nitrogens with zero attached hydrogens (tertiary/aromatic N) is 3. The standard InChI is InChI=1S/C14H14N4O2/c1-9-6-11(12-8-16-18(2)13(12)17-9)14(19)15-7-10-4-3-5-20-10/h3-6,8H,7H2,1-2H3,(H,15,19). The number of hydrogen-bond donors (Lipinski definition) is 1. The van der Waals surface area contributed by atoms with Crippen LogP contribution in [0, 0.1) is 6.92 Å². The number of fused-ring (bicyclic) bond motifs is 1. The third-order valence-corrected chi connectivity index (χ3v) is 3.08. The molecular weight excluding hydrogens is 256 g/mol. The second kappa shape index (κ2) is 4.80. The summed E-state index contributed by atoms with van der Waals surface area (Å²) >= 11 is 0. The molecule has 20 heavy (non-hydrogen) atoms. The average Bonchev–Trinajstić information content (AvgIpc) is 3.06. The van der Waals surface area contributed by atoms with Crippen LogP contribution < -0.4 is 5.32 Å². The lowest BCUT2D eigenvalue weighted by molar-refractivity contribution is 0.0949. The third kappa shape index (κ3) is 2.16. The highest BCUT2D eigenvalue weighted by Crippen LogP contribution is 2.17. The van der Waals surface area contributed by atoms with Gasteiger partial charge in [0.1, 0.15) is 5.76 Å². The van der Waals surface area contributed by atoms with Crippen LogP contribution in [0.3, 0.4) is 0 Å². The molecule has 3 aromatic rings. The number of carbonyl (C=O) groups excluding carboxylic acids is 1. The lowest BCUT2D eigenvalue weighted by Gasteiger charge is -2.06. The van der Waals surface area contributed by atoms with Gasteiger partial charge >= 0.3 is 0 Å². The normalized spacial score (nSPS) is 10.9. The first-order valence-corrected chi connectivity index (χ1v) is 6.25. The van der Waals surface area contributed by atoms with Gasteiger partial charge < -0.3 is 9.73 Å². The SMILES string of the molecule is Cc1cc(C(=O)NCc2ccco2)c2cnn(C)c2n1. The van der Waals surface area contributed by atoms with E-state index in [-0.39, 0.29) is 5.91 Å². The van der Waals surface area contributed by atoms with Crippen LogP contribution in [0.15, 0.2) is 35.1 Å². The van der Waals surface area contributed by atoms with E-state index in [9.17, 15) is 4.79 Å². The first kappa shape index (κ1) is 12.4. The fraction of sp³-hybridized carbons (Fsp3) is 0.214. The Balaban J connectivity index is 1.91. The Labute approximate surface area is 115 Å². The molecule has 6 heteroatoms. The Kier molecular flexibility index (Phi) is 2.98. The minimum atomic E-state index is -0.162. The van der Waals surface area contributed by atoms with Gasteiger partial charge in [-0.1, -0.05) is 0 Å². The quantitative estimate of drug-likeness (QED) is 0.787. The molecule has 0 aromatic carbocycles. The summed E-state index contributed by atoms with van der Waals surface area (Å²) in [5.74, 6) is 0.552. The fourth-order valence-corrected chi connectivity index (χ4v) is 2.10. The van der Waals surface area contributed by atoms with Crippen molar-refractivity contribution in [3.63, 3.8) is 0 Å². The maximum atomic E-state index is 12.3. The van der Waals surface area contributed by atoms with E-state index in [0.717, 1.165) is 11.1 Å². The van der Waals surface area contributed by atoms with E-state index < -0.39 is 0 Å². The topological polar surface area (TPSA) is 73.0 Å². The number of carbonyl (C=O) groups is 1. The Morgan fingerprint density at radius 1 is 1.50 bits per heavy atom. The van der Waals surface area contributed by atoms with Crippen LogP contribution in [0.2, 0.25) is 0 Å². The van der Waals surface area contributed by atoms with Crippen molar-refractivity contribution in [2.45, 2.75) is 13.5 Å². The Bertz CT molecular complexity index is 759. The summed E-state index contributed by atoms with van der Waals surface area (Å²) < 4.78 is 6.85. The minimum absolute atomic E-state index is 0.162. The Hall–Kier alpha value is -2.63. The maximum Gasteiger partial charge on any atom is 0.252 e. The molecule has 6 nitrogen and oxygen atoms in total. The molecule has 102 valence electrons. The van der Waals surface area contributed by atoms with E-state index in [0.29, 0.717) is 23.5 Å². The van der Waals surface area contributed by atoms with Crippen LogP contribution in [0.4, 0.5) is 0 Å². The molecule has 3 rings (SSSR count). The summed E-state index contributed by atoms with van der Waals surface area (Å²) in [7, 11) is 1.80. The van der Waals surface area contributed by atoms with Crippen LogP contribution in [0.1, 0.15) is 21.8 Å². The molecule has 0 atom stereocenters.